The first-order valence-electron chi connectivity index (χ1n) is 8.48. The molecule has 0 amide bonds. The quantitative estimate of drug-likeness (QED) is 0.458. The van der Waals surface area contributed by atoms with Crippen LogP contribution < -0.4 is 5.32 Å². The van der Waals surface area contributed by atoms with Gasteiger partial charge >= 0.3 is 0 Å². The van der Waals surface area contributed by atoms with Gasteiger partial charge in [0.1, 0.15) is 0 Å². The molecular formula is C22H18ClN3. The van der Waals surface area contributed by atoms with E-state index >= 15 is 0 Å². The molecule has 0 saturated carbocycles. The summed E-state index contributed by atoms with van der Waals surface area (Å²) >= 11 is 6.31. The number of hydrogen-bond acceptors (Lipinski definition) is 2. The van der Waals surface area contributed by atoms with E-state index in [0.717, 1.165) is 38.8 Å². The predicted molar refractivity (Wildman–Crippen MR) is 108 cm³/mol. The van der Waals surface area contributed by atoms with Crippen LogP contribution in [0.4, 0.5) is 5.69 Å². The highest BCUT2D eigenvalue weighted by atomic mass is 35.5. The molecule has 0 aliphatic heterocycles. The molecule has 0 spiro atoms. The maximum atomic E-state index is 6.31. The number of rotatable bonds is 5. The largest absolute Gasteiger partial charge is 0.379 e. The summed E-state index contributed by atoms with van der Waals surface area (Å²) in [5.41, 5.74) is 6.27. The third kappa shape index (κ3) is 3.63. The summed E-state index contributed by atoms with van der Waals surface area (Å²) in [5, 5.41) is 11.7. The second-order valence-corrected chi connectivity index (χ2v) is 6.46. The average molecular weight is 360 g/mol. The molecule has 1 heterocycles. The molecule has 3 aromatic carbocycles. The Labute approximate surface area is 157 Å². The highest BCUT2D eigenvalue weighted by Crippen LogP contribution is 2.29. The molecule has 0 aliphatic rings. The monoisotopic (exact) mass is 359 g/mol. The number of nitrogens with zero attached hydrogens (tertiary/aromatic N) is 1. The van der Waals surface area contributed by atoms with E-state index in [4.69, 9.17) is 11.6 Å². The van der Waals surface area contributed by atoms with Crippen molar-refractivity contribution >= 4 is 17.3 Å². The molecular weight excluding hydrogens is 342 g/mol. The van der Waals surface area contributed by atoms with Gasteiger partial charge in [-0.3, -0.25) is 5.10 Å². The minimum absolute atomic E-state index is 0.648. The van der Waals surface area contributed by atoms with Gasteiger partial charge in [-0.05, 0) is 35.4 Å². The van der Waals surface area contributed by atoms with Gasteiger partial charge in [0.25, 0.3) is 0 Å². The summed E-state index contributed by atoms with van der Waals surface area (Å²) in [7, 11) is 0. The van der Waals surface area contributed by atoms with E-state index in [0.29, 0.717) is 6.54 Å². The third-order valence-corrected chi connectivity index (χ3v) is 4.57. The van der Waals surface area contributed by atoms with Crippen LogP contribution in [0.15, 0.2) is 84.9 Å². The lowest BCUT2D eigenvalue weighted by Gasteiger charge is -2.08. The van der Waals surface area contributed by atoms with Crippen LogP contribution >= 0.6 is 11.6 Å². The first-order valence-corrected chi connectivity index (χ1v) is 8.86. The van der Waals surface area contributed by atoms with Gasteiger partial charge in [-0.25, -0.2) is 0 Å². The van der Waals surface area contributed by atoms with Crippen LogP contribution in [0.2, 0.25) is 5.02 Å². The highest BCUT2D eigenvalue weighted by molar-refractivity contribution is 6.33. The van der Waals surface area contributed by atoms with Crippen molar-refractivity contribution < 1.29 is 0 Å². The lowest BCUT2D eigenvalue weighted by atomic mass is 10.1. The zero-order valence-corrected chi connectivity index (χ0v) is 14.9. The molecule has 0 saturated heterocycles. The number of hydrogen-bond donors (Lipinski definition) is 2. The SMILES string of the molecule is Clc1ccccc1-c1cccc(NCc2cc(-c3ccccc3)[nH]n2)c1. The van der Waals surface area contributed by atoms with Crippen molar-refractivity contribution in [3.63, 3.8) is 0 Å². The molecule has 0 atom stereocenters. The van der Waals surface area contributed by atoms with E-state index in [9.17, 15) is 0 Å². The molecule has 4 aromatic rings. The van der Waals surface area contributed by atoms with Crippen LogP contribution in [-0.2, 0) is 6.54 Å². The molecule has 0 aliphatic carbocycles. The lowest BCUT2D eigenvalue weighted by molar-refractivity contribution is 0.983. The van der Waals surface area contributed by atoms with Crippen LogP contribution in [0.5, 0.6) is 0 Å². The molecule has 4 rings (SSSR count). The van der Waals surface area contributed by atoms with Gasteiger partial charge < -0.3 is 5.32 Å². The molecule has 0 radical (unpaired) electrons. The minimum atomic E-state index is 0.648. The summed E-state index contributed by atoms with van der Waals surface area (Å²) < 4.78 is 0. The standard InChI is InChI=1S/C22H18ClN3/c23-21-12-5-4-11-20(21)17-9-6-10-18(13-17)24-15-19-14-22(26-25-19)16-7-2-1-3-8-16/h1-14,24H,15H2,(H,25,26). The molecule has 1 aromatic heterocycles. The first-order chi connectivity index (χ1) is 12.8. The smallest absolute Gasteiger partial charge is 0.0819 e. The normalized spacial score (nSPS) is 10.7. The summed E-state index contributed by atoms with van der Waals surface area (Å²) in [6.07, 6.45) is 0. The van der Waals surface area contributed by atoms with Crippen molar-refractivity contribution in [2.24, 2.45) is 0 Å². The topological polar surface area (TPSA) is 40.7 Å². The van der Waals surface area contributed by atoms with Crippen molar-refractivity contribution in [2.45, 2.75) is 6.54 Å². The van der Waals surface area contributed by atoms with Crippen molar-refractivity contribution in [1.29, 1.82) is 0 Å². The Morgan fingerprint density at radius 1 is 0.808 bits per heavy atom. The van der Waals surface area contributed by atoms with Gasteiger partial charge in [-0.15, -0.1) is 0 Å². The van der Waals surface area contributed by atoms with Crippen LogP contribution in [-0.4, -0.2) is 10.2 Å². The molecule has 26 heavy (non-hydrogen) atoms. The van der Waals surface area contributed by atoms with Crippen molar-refractivity contribution in [3.05, 3.63) is 95.6 Å². The van der Waals surface area contributed by atoms with E-state index in [2.05, 4.69) is 45.8 Å². The number of benzene rings is 3. The van der Waals surface area contributed by atoms with Crippen molar-refractivity contribution in [2.75, 3.05) is 5.32 Å². The zero-order valence-electron chi connectivity index (χ0n) is 14.1. The van der Waals surface area contributed by atoms with Crippen LogP contribution in [0.25, 0.3) is 22.4 Å². The minimum Gasteiger partial charge on any atom is -0.379 e. The number of aromatic amines is 1. The van der Waals surface area contributed by atoms with E-state index < -0.39 is 0 Å². The number of nitrogens with one attached hydrogen (secondary N) is 2. The molecule has 4 heteroatoms. The number of aromatic nitrogens is 2. The third-order valence-electron chi connectivity index (χ3n) is 4.24. The fraction of sp³-hybridized carbons (Fsp3) is 0.0455. The fourth-order valence-corrected chi connectivity index (χ4v) is 3.15. The number of anilines is 1. The van der Waals surface area contributed by atoms with Gasteiger partial charge in [0, 0.05) is 16.3 Å². The Hall–Kier alpha value is -3.04. The van der Waals surface area contributed by atoms with Gasteiger partial charge in [0.05, 0.1) is 17.9 Å². The van der Waals surface area contributed by atoms with E-state index in [1.165, 1.54) is 0 Å². The molecule has 0 fully saturated rings. The highest BCUT2D eigenvalue weighted by Gasteiger charge is 2.05. The Morgan fingerprint density at radius 2 is 1.58 bits per heavy atom. The number of H-pyrrole nitrogens is 1. The predicted octanol–water partition coefficient (Wildman–Crippen LogP) is 6.01. The fourth-order valence-electron chi connectivity index (χ4n) is 2.90. The zero-order chi connectivity index (χ0) is 17.8. The van der Waals surface area contributed by atoms with E-state index in [1.54, 1.807) is 0 Å². The van der Waals surface area contributed by atoms with E-state index in [1.807, 2.05) is 54.6 Å². The molecule has 3 nitrogen and oxygen atoms in total. The first kappa shape index (κ1) is 16.4. The second kappa shape index (κ2) is 7.46. The van der Waals surface area contributed by atoms with Crippen molar-refractivity contribution in [3.8, 4) is 22.4 Å². The van der Waals surface area contributed by atoms with Crippen LogP contribution in [0.3, 0.4) is 0 Å². The molecule has 128 valence electrons. The second-order valence-electron chi connectivity index (χ2n) is 6.05. The summed E-state index contributed by atoms with van der Waals surface area (Å²) in [5.74, 6) is 0. The van der Waals surface area contributed by atoms with Gasteiger partial charge in [0.2, 0.25) is 0 Å². The Morgan fingerprint density at radius 3 is 2.42 bits per heavy atom. The van der Waals surface area contributed by atoms with Gasteiger partial charge in [-0.1, -0.05) is 72.3 Å². The summed E-state index contributed by atoms with van der Waals surface area (Å²) in [6, 6.07) is 28.4. The molecule has 2 N–H and O–H groups in total. The van der Waals surface area contributed by atoms with Crippen LogP contribution in [0, 0.1) is 0 Å². The van der Waals surface area contributed by atoms with Crippen molar-refractivity contribution in [1.82, 2.24) is 10.2 Å². The summed E-state index contributed by atoms with van der Waals surface area (Å²) in [6.45, 7) is 0.648. The van der Waals surface area contributed by atoms with E-state index in [-0.39, 0.29) is 0 Å². The Kier molecular flexibility index (Phi) is 4.71. The van der Waals surface area contributed by atoms with Gasteiger partial charge in [-0.2, -0.15) is 5.10 Å². The maximum absolute atomic E-state index is 6.31. The van der Waals surface area contributed by atoms with Crippen LogP contribution in [0.1, 0.15) is 5.69 Å². The average Bonchev–Trinajstić information content (AvgIpc) is 3.17. The maximum Gasteiger partial charge on any atom is 0.0819 e. The Bertz CT molecular complexity index is 1010. The molecule has 0 bridgehead atoms. The molecule has 0 unspecified atom stereocenters. The Balaban J connectivity index is 1.48. The van der Waals surface area contributed by atoms with Gasteiger partial charge in [0.15, 0.2) is 0 Å². The lowest BCUT2D eigenvalue weighted by Crippen LogP contribution is -1.99. The number of halogens is 1. The summed E-state index contributed by atoms with van der Waals surface area (Å²) in [4.78, 5) is 0.